The van der Waals surface area contributed by atoms with Gasteiger partial charge in [0, 0.05) is 24.9 Å². The number of benzene rings is 2. The number of azo groups is 1. The molecule has 0 fully saturated rings. The molecule has 2 aromatic heterocycles. The van der Waals surface area contributed by atoms with Gasteiger partial charge < -0.3 is 4.90 Å². The van der Waals surface area contributed by atoms with E-state index in [1.54, 1.807) is 0 Å². The van der Waals surface area contributed by atoms with Gasteiger partial charge in [-0.15, -0.1) is 0 Å². The van der Waals surface area contributed by atoms with Gasteiger partial charge in [-0.2, -0.15) is 25.6 Å². The minimum atomic E-state index is 0.748. The zero-order valence-electron chi connectivity index (χ0n) is 15.0. The Morgan fingerprint density at radius 2 is 1.59 bits per heavy atom. The third kappa shape index (κ3) is 4.14. The van der Waals surface area contributed by atoms with E-state index in [-0.39, 0.29) is 0 Å². The van der Waals surface area contributed by atoms with Crippen molar-refractivity contribution in [1.82, 2.24) is 15.4 Å². The summed E-state index contributed by atoms with van der Waals surface area (Å²) in [5.74, 6) is 0. The first-order chi connectivity index (χ1) is 13.3. The quantitative estimate of drug-likeness (QED) is 0.421. The van der Waals surface area contributed by atoms with Crippen molar-refractivity contribution >= 4 is 28.1 Å². The Balaban J connectivity index is 1.39. The second-order valence-electron chi connectivity index (χ2n) is 6.25. The molecule has 134 valence electrons. The van der Waals surface area contributed by atoms with Crippen molar-refractivity contribution < 1.29 is 4.57 Å². The van der Waals surface area contributed by atoms with Crippen LogP contribution < -0.4 is 9.47 Å². The van der Waals surface area contributed by atoms with E-state index in [0.717, 1.165) is 41.2 Å². The molecule has 27 heavy (non-hydrogen) atoms. The molecular formula is C20H20N7+. The molecule has 0 saturated carbocycles. The number of pyridine rings is 1. The summed E-state index contributed by atoms with van der Waals surface area (Å²) in [5.41, 5.74) is 4.30. The molecule has 4 rings (SSSR count). The number of fused-ring (bicyclic) bond motifs is 1. The molecule has 7 heteroatoms. The van der Waals surface area contributed by atoms with E-state index in [9.17, 15) is 0 Å². The van der Waals surface area contributed by atoms with Crippen molar-refractivity contribution in [1.29, 1.82) is 0 Å². The number of H-pyrrole nitrogens is 1. The Labute approximate surface area is 157 Å². The number of anilines is 1. The van der Waals surface area contributed by atoms with Gasteiger partial charge in [0.15, 0.2) is 18.9 Å². The molecule has 0 aliphatic rings. The molecule has 0 aliphatic carbocycles. The maximum Gasteiger partial charge on any atom is 0.168 e. The average molecular weight is 358 g/mol. The molecule has 2 aromatic carbocycles. The molecule has 0 aliphatic heterocycles. The van der Waals surface area contributed by atoms with E-state index in [0.29, 0.717) is 0 Å². The number of hydrogen-bond acceptors (Lipinski definition) is 5. The second kappa shape index (κ2) is 7.74. The second-order valence-corrected chi connectivity index (χ2v) is 6.25. The van der Waals surface area contributed by atoms with Crippen LogP contribution in [0.1, 0.15) is 0 Å². The summed E-state index contributed by atoms with van der Waals surface area (Å²) < 4.78 is 2.17. The van der Waals surface area contributed by atoms with Crippen LogP contribution in [0.5, 0.6) is 0 Å². The topological polar surface area (TPSA) is 73.4 Å². The van der Waals surface area contributed by atoms with Gasteiger partial charge in [-0.1, -0.05) is 6.07 Å². The van der Waals surface area contributed by atoms with E-state index in [1.165, 1.54) is 0 Å². The van der Waals surface area contributed by atoms with Crippen molar-refractivity contribution in [2.45, 2.75) is 6.54 Å². The fraction of sp³-hybridized carbons (Fsp3) is 0.150. The summed E-state index contributed by atoms with van der Waals surface area (Å²) in [7, 11) is 2.09. The van der Waals surface area contributed by atoms with E-state index in [4.69, 9.17) is 0 Å². The zero-order valence-corrected chi connectivity index (χ0v) is 15.0. The SMILES string of the molecule is CN(CC[n+]1ccccc1)c1ccc(N=Nc2ccc3n[nH]nc3c2)cc1. The third-order valence-electron chi connectivity index (χ3n) is 4.34. The maximum absolute atomic E-state index is 4.31. The normalized spacial score (nSPS) is 11.3. The minimum absolute atomic E-state index is 0.748. The maximum atomic E-state index is 4.31. The van der Waals surface area contributed by atoms with E-state index < -0.39 is 0 Å². The predicted octanol–water partition coefficient (Wildman–Crippen LogP) is 3.80. The Morgan fingerprint density at radius 1 is 0.889 bits per heavy atom. The van der Waals surface area contributed by atoms with Gasteiger partial charge in [-0.25, -0.2) is 4.57 Å². The Hall–Kier alpha value is -3.61. The lowest BCUT2D eigenvalue weighted by Crippen LogP contribution is -2.38. The molecule has 0 spiro atoms. The number of rotatable bonds is 6. The highest BCUT2D eigenvalue weighted by Gasteiger charge is 2.05. The molecule has 0 saturated heterocycles. The van der Waals surface area contributed by atoms with Crippen molar-refractivity contribution in [2.24, 2.45) is 10.2 Å². The van der Waals surface area contributed by atoms with Crippen molar-refractivity contribution in [3.8, 4) is 0 Å². The van der Waals surface area contributed by atoms with Gasteiger partial charge in [0.2, 0.25) is 0 Å². The number of nitrogens with zero attached hydrogens (tertiary/aromatic N) is 6. The fourth-order valence-electron chi connectivity index (χ4n) is 2.76. The Bertz CT molecular complexity index is 1040. The van der Waals surface area contributed by atoms with Crippen LogP contribution in [0.3, 0.4) is 0 Å². The predicted molar refractivity (Wildman–Crippen MR) is 104 cm³/mol. The summed E-state index contributed by atoms with van der Waals surface area (Å²) in [6.07, 6.45) is 4.15. The number of aromatic nitrogens is 4. The Morgan fingerprint density at radius 3 is 2.41 bits per heavy atom. The summed E-state index contributed by atoms with van der Waals surface area (Å²) in [5, 5.41) is 19.3. The lowest BCUT2D eigenvalue weighted by Gasteiger charge is -2.17. The molecule has 2 heterocycles. The first kappa shape index (κ1) is 16.8. The van der Waals surface area contributed by atoms with E-state index >= 15 is 0 Å². The average Bonchev–Trinajstić information content (AvgIpc) is 3.19. The molecule has 0 amide bonds. The van der Waals surface area contributed by atoms with Crippen LogP contribution in [0, 0.1) is 0 Å². The van der Waals surface area contributed by atoms with Crippen LogP contribution in [0.4, 0.5) is 17.1 Å². The lowest BCUT2D eigenvalue weighted by molar-refractivity contribution is -0.694. The highest BCUT2D eigenvalue weighted by molar-refractivity contribution is 5.76. The molecule has 7 nitrogen and oxygen atoms in total. The summed E-state index contributed by atoms with van der Waals surface area (Å²) in [6, 6.07) is 19.8. The lowest BCUT2D eigenvalue weighted by atomic mass is 10.2. The standard InChI is InChI=1S/C20H20N7/c1-26(13-14-27-11-3-2-4-12-27)18-8-5-16(6-9-18)21-22-17-7-10-19-20(15-17)24-25-23-19/h2-12,15H,13-14H2,1H3,(H,23,24,25)/q+1. The van der Waals surface area contributed by atoms with Crippen molar-refractivity contribution in [3.05, 3.63) is 73.1 Å². The van der Waals surface area contributed by atoms with Gasteiger partial charge in [-0.05, 0) is 42.5 Å². The van der Waals surface area contributed by atoms with Crippen LogP contribution in [-0.2, 0) is 6.54 Å². The molecule has 0 bridgehead atoms. The first-order valence-corrected chi connectivity index (χ1v) is 8.75. The van der Waals surface area contributed by atoms with Crippen LogP contribution in [-0.4, -0.2) is 29.0 Å². The highest BCUT2D eigenvalue weighted by atomic mass is 15.3. The van der Waals surface area contributed by atoms with Crippen LogP contribution in [0.2, 0.25) is 0 Å². The summed E-state index contributed by atoms with van der Waals surface area (Å²) in [6.45, 7) is 1.86. The van der Waals surface area contributed by atoms with Gasteiger partial charge in [-0.3, -0.25) is 0 Å². The van der Waals surface area contributed by atoms with Crippen LogP contribution in [0.25, 0.3) is 11.0 Å². The molecule has 0 unspecified atom stereocenters. The van der Waals surface area contributed by atoms with Crippen molar-refractivity contribution in [3.63, 3.8) is 0 Å². The van der Waals surface area contributed by atoms with Crippen LogP contribution in [0.15, 0.2) is 83.3 Å². The van der Waals surface area contributed by atoms with Gasteiger partial charge in [0.1, 0.15) is 11.0 Å². The monoisotopic (exact) mass is 358 g/mol. The largest absolute Gasteiger partial charge is 0.368 e. The Kier molecular flexibility index (Phi) is 4.82. The van der Waals surface area contributed by atoms with Crippen LogP contribution >= 0.6 is 0 Å². The molecular weight excluding hydrogens is 338 g/mol. The molecule has 0 atom stereocenters. The van der Waals surface area contributed by atoms with E-state index in [1.807, 2.05) is 48.5 Å². The fourth-order valence-corrected chi connectivity index (χ4v) is 2.76. The first-order valence-electron chi connectivity index (χ1n) is 8.75. The third-order valence-corrected chi connectivity index (χ3v) is 4.34. The van der Waals surface area contributed by atoms with E-state index in [2.05, 4.69) is 66.7 Å². The van der Waals surface area contributed by atoms with Crippen molar-refractivity contribution in [2.75, 3.05) is 18.5 Å². The van der Waals surface area contributed by atoms with Gasteiger partial charge >= 0.3 is 0 Å². The summed E-state index contributed by atoms with van der Waals surface area (Å²) >= 11 is 0. The number of hydrogen-bond donors (Lipinski definition) is 1. The smallest absolute Gasteiger partial charge is 0.168 e. The highest BCUT2D eigenvalue weighted by Crippen LogP contribution is 2.23. The summed E-state index contributed by atoms with van der Waals surface area (Å²) in [4.78, 5) is 2.22. The number of aromatic amines is 1. The van der Waals surface area contributed by atoms with Gasteiger partial charge in [0.05, 0.1) is 17.9 Å². The molecule has 0 radical (unpaired) electrons. The molecule has 4 aromatic rings. The minimum Gasteiger partial charge on any atom is -0.368 e. The number of likely N-dealkylation sites (N-methyl/N-ethyl adjacent to an activating group) is 1. The zero-order chi connectivity index (χ0) is 18.5. The molecule has 1 N–H and O–H groups in total. The van der Waals surface area contributed by atoms with Gasteiger partial charge in [0.25, 0.3) is 0 Å². The number of nitrogens with one attached hydrogen (secondary N) is 1.